The average molecular weight is 529 g/mol. The summed E-state index contributed by atoms with van der Waals surface area (Å²) >= 11 is 0. The van der Waals surface area contributed by atoms with E-state index >= 15 is 4.39 Å². The van der Waals surface area contributed by atoms with Gasteiger partial charge in [0.1, 0.15) is 18.0 Å². The first-order chi connectivity index (χ1) is 16.0. The lowest BCUT2D eigenvalue weighted by Crippen LogP contribution is -2.43. The van der Waals surface area contributed by atoms with Crippen LogP contribution in [0.25, 0.3) is 11.1 Å². The van der Waals surface area contributed by atoms with Crippen LogP contribution in [-0.4, -0.2) is 53.6 Å². The molecule has 0 bridgehead atoms. The van der Waals surface area contributed by atoms with Crippen molar-refractivity contribution in [3.8, 4) is 22.8 Å². The standard InChI is InChI=1S/C27H38FN3O2.2ClH/c1-3-4-10-25-24(21-11-13-23(14-12-21)33-22-8-6-5-7-9-22)19-26(30-29-25)32-20-27(28)15-17-31(2)18-16-27;;/h11-14,19,22H,3-10,15-18,20H2,1-2H3;2*1H. The normalized spacial score (nSPS) is 18.3. The Labute approximate surface area is 222 Å². The van der Waals surface area contributed by atoms with Gasteiger partial charge in [0.15, 0.2) is 0 Å². The van der Waals surface area contributed by atoms with Gasteiger partial charge in [-0.2, -0.15) is 5.10 Å². The Morgan fingerprint density at radius 1 is 1.03 bits per heavy atom. The zero-order valence-corrected chi connectivity index (χ0v) is 22.6. The van der Waals surface area contributed by atoms with Gasteiger partial charge in [0.05, 0.1) is 11.8 Å². The van der Waals surface area contributed by atoms with E-state index in [-0.39, 0.29) is 31.4 Å². The Bertz CT molecular complexity index is 886. The molecule has 0 atom stereocenters. The Hall–Kier alpha value is -1.63. The minimum Gasteiger partial charge on any atom is -0.490 e. The highest BCUT2D eigenvalue weighted by Crippen LogP contribution is 2.31. The van der Waals surface area contributed by atoms with E-state index in [9.17, 15) is 0 Å². The van der Waals surface area contributed by atoms with Gasteiger partial charge in [-0.05, 0) is 76.1 Å². The third-order valence-electron chi connectivity index (χ3n) is 7.00. The van der Waals surface area contributed by atoms with Gasteiger partial charge in [0.25, 0.3) is 0 Å². The molecule has 0 unspecified atom stereocenters. The van der Waals surface area contributed by atoms with E-state index in [0.717, 1.165) is 67.8 Å². The molecule has 1 aliphatic heterocycles. The highest BCUT2D eigenvalue weighted by molar-refractivity contribution is 5.85. The quantitative estimate of drug-likeness (QED) is 0.356. The molecule has 1 saturated carbocycles. The second-order valence-electron chi connectivity index (χ2n) is 9.79. The molecule has 2 heterocycles. The fraction of sp³-hybridized carbons (Fsp3) is 0.630. The van der Waals surface area contributed by atoms with Crippen LogP contribution in [0.3, 0.4) is 0 Å². The van der Waals surface area contributed by atoms with Gasteiger partial charge >= 0.3 is 0 Å². The van der Waals surface area contributed by atoms with Gasteiger partial charge in [-0.1, -0.05) is 31.9 Å². The molecule has 4 rings (SSSR count). The van der Waals surface area contributed by atoms with Gasteiger partial charge in [0.2, 0.25) is 5.88 Å². The van der Waals surface area contributed by atoms with E-state index in [2.05, 4.69) is 34.2 Å². The predicted octanol–water partition coefficient (Wildman–Crippen LogP) is 6.85. The Balaban J connectivity index is 0.00000216. The number of alkyl halides is 1. The van der Waals surface area contributed by atoms with Crippen LogP contribution in [0.4, 0.5) is 4.39 Å². The summed E-state index contributed by atoms with van der Waals surface area (Å²) in [5.74, 6) is 1.31. The topological polar surface area (TPSA) is 47.5 Å². The van der Waals surface area contributed by atoms with Crippen molar-refractivity contribution in [1.29, 1.82) is 0 Å². The van der Waals surface area contributed by atoms with E-state index in [4.69, 9.17) is 9.47 Å². The number of aryl methyl sites for hydroxylation is 1. The van der Waals surface area contributed by atoms with E-state index in [1.807, 2.05) is 25.2 Å². The van der Waals surface area contributed by atoms with Crippen LogP contribution in [0.5, 0.6) is 11.6 Å². The molecular formula is C27H40Cl2FN3O2. The molecule has 35 heavy (non-hydrogen) atoms. The monoisotopic (exact) mass is 527 g/mol. The van der Waals surface area contributed by atoms with Crippen molar-refractivity contribution >= 4 is 24.8 Å². The lowest BCUT2D eigenvalue weighted by molar-refractivity contribution is 0.0227. The number of ether oxygens (including phenoxy) is 2. The van der Waals surface area contributed by atoms with E-state index in [1.54, 1.807) is 0 Å². The zero-order valence-electron chi connectivity index (χ0n) is 21.0. The molecule has 196 valence electrons. The lowest BCUT2D eigenvalue weighted by atomic mass is 9.94. The Kier molecular flexibility index (Phi) is 12.0. The van der Waals surface area contributed by atoms with E-state index < -0.39 is 5.67 Å². The summed E-state index contributed by atoms with van der Waals surface area (Å²) in [7, 11) is 2.03. The van der Waals surface area contributed by atoms with Crippen molar-refractivity contribution < 1.29 is 13.9 Å². The van der Waals surface area contributed by atoms with Crippen LogP contribution in [0.1, 0.15) is 70.4 Å². The molecule has 1 saturated heterocycles. The van der Waals surface area contributed by atoms with Crippen LogP contribution < -0.4 is 9.47 Å². The fourth-order valence-corrected chi connectivity index (χ4v) is 4.70. The molecule has 0 amide bonds. The Morgan fingerprint density at radius 3 is 2.37 bits per heavy atom. The van der Waals surface area contributed by atoms with Crippen LogP contribution in [0.2, 0.25) is 0 Å². The molecule has 1 aliphatic carbocycles. The second-order valence-corrected chi connectivity index (χ2v) is 9.79. The lowest BCUT2D eigenvalue weighted by Gasteiger charge is -2.33. The maximum atomic E-state index is 15.1. The average Bonchev–Trinajstić information content (AvgIpc) is 2.85. The summed E-state index contributed by atoms with van der Waals surface area (Å²) < 4.78 is 27.2. The summed E-state index contributed by atoms with van der Waals surface area (Å²) in [4.78, 5) is 2.15. The molecule has 0 spiro atoms. The number of nitrogens with zero attached hydrogens (tertiary/aromatic N) is 3. The van der Waals surface area contributed by atoms with Crippen LogP contribution >= 0.6 is 24.8 Å². The van der Waals surface area contributed by atoms with Crippen LogP contribution in [0.15, 0.2) is 30.3 Å². The maximum absolute atomic E-state index is 15.1. The zero-order chi connectivity index (χ0) is 23.1. The van der Waals surface area contributed by atoms with E-state index in [0.29, 0.717) is 24.8 Å². The number of aromatic nitrogens is 2. The Morgan fingerprint density at radius 2 is 1.71 bits per heavy atom. The maximum Gasteiger partial charge on any atom is 0.234 e. The molecule has 8 heteroatoms. The van der Waals surface area contributed by atoms with Crippen molar-refractivity contribution in [2.24, 2.45) is 0 Å². The highest BCUT2D eigenvalue weighted by Gasteiger charge is 2.34. The van der Waals surface area contributed by atoms with Gasteiger partial charge in [-0.25, -0.2) is 4.39 Å². The summed E-state index contributed by atoms with van der Waals surface area (Å²) in [6.07, 6.45) is 10.4. The smallest absolute Gasteiger partial charge is 0.234 e. The minimum absolute atomic E-state index is 0. The number of halogens is 3. The molecule has 2 fully saturated rings. The highest BCUT2D eigenvalue weighted by atomic mass is 35.5. The third kappa shape index (κ3) is 8.47. The van der Waals surface area contributed by atoms with E-state index in [1.165, 1.54) is 19.3 Å². The summed E-state index contributed by atoms with van der Waals surface area (Å²) in [5.41, 5.74) is 1.73. The summed E-state index contributed by atoms with van der Waals surface area (Å²) in [6, 6.07) is 10.2. The second kappa shape index (κ2) is 14.2. The number of hydrogen-bond acceptors (Lipinski definition) is 5. The number of piperidine rings is 1. The first kappa shape index (κ1) is 29.6. The van der Waals surface area contributed by atoms with Crippen molar-refractivity contribution in [2.45, 2.75) is 82.9 Å². The van der Waals surface area contributed by atoms with Crippen molar-refractivity contribution in [1.82, 2.24) is 15.1 Å². The first-order valence-corrected chi connectivity index (χ1v) is 12.7. The molecule has 2 aliphatic rings. The van der Waals surface area contributed by atoms with Crippen molar-refractivity contribution in [3.05, 3.63) is 36.0 Å². The molecule has 0 N–H and O–H groups in total. The molecular weight excluding hydrogens is 488 g/mol. The number of likely N-dealkylation sites (tertiary alicyclic amines) is 1. The van der Waals surface area contributed by atoms with Gasteiger partial charge in [-0.3, -0.25) is 0 Å². The molecule has 2 aromatic rings. The number of benzene rings is 1. The molecule has 0 radical (unpaired) electrons. The number of hydrogen-bond donors (Lipinski definition) is 0. The molecule has 1 aromatic carbocycles. The summed E-state index contributed by atoms with van der Waals surface area (Å²) in [5, 5.41) is 8.74. The van der Waals surface area contributed by atoms with Crippen molar-refractivity contribution in [3.63, 3.8) is 0 Å². The fourth-order valence-electron chi connectivity index (χ4n) is 4.70. The van der Waals surface area contributed by atoms with Gasteiger partial charge in [-0.15, -0.1) is 29.9 Å². The largest absolute Gasteiger partial charge is 0.490 e. The third-order valence-corrected chi connectivity index (χ3v) is 7.00. The predicted molar refractivity (Wildman–Crippen MR) is 144 cm³/mol. The minimum atomic E-state index is -1.30. The molecule has 5 nitrogen and oxygen atoms in total. The van der Waals surface area contributed by atoms with Crippen LogP contribution in [-0.2, 0) is 6.42 Å². The number of unbranched alkanes of at least 4 members (excludes halogenated alkanes) is 1. The van der Waals surface area contributed by atoms with Gasteiger partial charge < -0.3 is 14.4 Å². The summed E-state index contributed by atoms with van der Waals surface area (Å²) in [6.45, 7) is 3.70. The van der Waals surface area contributed by atoms with Crippen molar-refractivity contribution in [2.75, 3.05) is 26.7 Å². The number of rotatable bonds is 9. The SMILES string of the molecule is CCCCc1nnc(OCC2(F)CCN(C)CC2)cc1-c1ccc(OC2CCCCC2)cc1.Cl.Cl. The molecule has 1 aromatic heterocycles. The first-order valence-electron chi connectivity index (χ1n) is 12.7. The van der Waals surface area contributed by atoms with Crippen LogP contribution in [0, 0.1) is 0 Å². The van der Waals surface area contributed by atoms with Gasteiger partial charge in [0, 0.05) is 24.7 Å².